The number of nitrogens with two attached hydrogens (primary N) is 1. The highest BCUT2D eigenvalue weighted by atomic mass is 35.5. The van der Waals surface area contributed by atoms with Gasteiger partial charge in [0.2, 0.25) is 0 Å². The molecule has 2 N–H and O–H groups in total. The molecule has 0 aliphatic rings. The van der Waals surface area contributed by atoms with Crippen molar-refractivity contribution in [1.82, 2.24) is 4.90 Å². The zero-order chi connectivity index (χ0) is 13.1. The number of ether oxygens (including phenoxy) is 1. The van der Waals surface area contributed by atoms with Gasteiger partial charge in [0.15, 0.2) is 0 Å². The monoisotopic (exact) mass is 260 g/mol. The third-order valence-corrected chi connectivity index (χ3v) is 3.25. The van der Waals surface area contributed by atoms with Crippen LogP contribution in [0.4, 0.5) is 4.39 Å². The van der Waals surface area contributed by atoms with E-state index in [1.165, 1.54) is 18.2 Å². The molecule has 0 spiro atoms. The summed E-state index contributed by atoms with van der Waals surface area (Å²) in [5.41, 5.74) is 5.44. The van der Waals surface area contributed by atoms with Gasteiger partial charge < -0.3 is 10.5 Å². The summed E-state index contributed by atoms with van der Waals surface area (Å²) < 4.78 is 18.4. The molecule has 1 unspecified atom stereocenters. The van der Waals surface area contributed by atoms with E-state index in [4.69, 9.17) is 22.1 Å². The van der Waals surface area contributed by atoms with Crippen LogP contribution in [0, 0.1) is 5.82 Å². The largest absolute Gasteiger partial charge is 0.490 e. The first-order valence-electron chi connectivity index (χ1n) is 5.34. The van der Waals surface area contributed by atoms with Gasteiger partial charge in [0.1, 0.15) is 18.2 Å². The molecule has 0 bridgehead atoms. The minimum atomic E-state index is -0.378. The SMILES string of the molecule is CN(C)C(C)(CN)COc1ccc(F)cc1Cl. The molecular weight excluding hydrogens is 243 g/mol. The van der Waals surface area contributed by atoms with Gasteiger partial charge in [-0.05, 0) is 39.2 Å². The summed E-state index contributed by atoms with van der Waals surface area (Å²) in [5.74, 6) is 0.0890. The maximum atomic E-state index is 12.8. The molecule has 0 fully saturated rings. The second kappa shape index (κ2) is 5.67. The predicted octanol–water partition coefficient (Wildman–Crippen LogP) is 2.14. The van der Waals surface area contributed by atoms with Gasteiger partial charge in [-0.1, -0.05) is 11.6 Å². The molecule has 0 radical (unpaired) electrons. The minimum absolute atomic E-state index is 0.267. The summed E-state index contributed by atoms with van der Waals surface area (Å²) >= 11 is 5.87. The molecule has 0 saturated carbocycles. The molecular formula is C12H18ClFN2O. The minimum Gasteiger partial charge on any atom is -0.490 e. The summed E-state index contributed by atoms with van der Waals surface area (Å²) in [7, 11) is 3.87. The molecule has 17 heavy (non-hydrogen) atoms. The molecule has 3 nitrogen and oxygen atoms in total. The molecule has 1 rings (SSSR count). The number of halogens is 2. The Morgan fingerprint density at radius 2 is 2.12 bits per heavy atom. The van der Waals surface area contributed by atoms with E-state index >= 15 is 0 Å². The first kappa shape index (κ1) is 14.2. The Balaban J connectivity index is 2.73. The third kappa shape index (κ3) is 3.56. The third-order valence-electron chi connectivity index (χ3n) is 2.95. The number of nitrogens with zero attached hydrogens (tertiary/aromatic N) is 1. The van der Waals surface area contributed by atoms with E-state index in [0.717, 1.165) is 0 Å². The smallest absolute Gasteiger partial charge is 0.138 e. The normalized spacial score (nSPS) is 14.8. The van der Waals surface area contributed by atoms with Crippen LogP contribution in [0.25, 0.3) is 0 Å². The van der Waals surface area contributed by atoms with Gasteiger partial charge in [-0.2, -0.15) is 0 Å². The second-order valence-electron chi connectivity index (χ2n) is 4.46. The van der Waals surface area contributed by atoms with Crippen LogP contribution in [0.3, 0.4) is 0 Å². The maximum absolute atomic E-state index is 12.8. The molecule has 0 saturated heterocycles. The van der Waals surface area contributed by atoms with E-state index in [2.05, 4.69) is 0 Å². The van der Waals surface area contributed by atoms with Crippen LogP contribution in [0.5, 0.6) is 5.75 Å². The van der Waals surface area contributed by atoms with E-state index in [1.807, 2.05) is 25.9 Å². The molecule has 0 amide bonds. The lowest BCUT2D eigenvalue weighted by atomic mass is 10.0. The highest BCUT2D eigenvalue weighted by Crippen LogP contribution is 2.26. The van der Waals surface area contributed by atoms with Gasteiger partial charge in [-0.15, -0.1) is 0 Å². The molecule has 0 aliphatic heterocycles. The summed E-state index contributed by atoms with van der Waals surface area (Å²) in [5, 5.41) is 0.267. The first-order valence-corrected chi connectivity index (χ1v) is 5.72. The topological polar surface area (TPSA) is 38.5 Å². The Bertz CT molecular complexity index is 387. The Kier molecular flexibility index (Phi) is 4.74. The highest BCUT2D eigenvalue weighted by Gasteiger charge is 2.26. The van der Waals surface area contributed by atoms with Gasteiger partial charge in [0.25, 0.3) is 0 Å². The summed E-state index contributed by atoms with van der Waals surface area (Å²) in [4.78, 5) is 1.99. The highest BCUT2D eigenvalue weighted by molar-refractivity contribution is 6.32. The number of hydrogen-bond acceptors (Lipinski definition) is 3. The van der Waals surface area contributed by atoms with E-state index in [1.54, 1.807) is 0 Å². The van der Waals surface area contributed by atoms with Crippen LogP contribution >= 0.6 is 11.6 Å². The lowest BCUT2D eigenvalue weighted by Crippen LogP contribution is -2.52. The van der Waals surface area contributed by atoms with Crippen molar-refractivity contribution < 1.29 is 9.13 Å². The van der Waals surface area contributed by atoms with Gasteiger partial charge >= 0.3 is 0 Å². The summed E-state index contributed by atoms with van der Waals surface area (Å²) in [6.07, 6.45) is 0. The lowest BCUT2D eigenvalue weighted by Gasteiger charge is -2.34. The van der Waals surface area contributed by atoms with Crippen molar-refractivity contribution in [2.75, 3.05) is 27.2 Å². The molecule has 5 heteroatoms. The molecule has 0 aromatic heterocycles. The standard InChI is InChI=1S/C12H18ClFN2O/c1-12(7-15,16(2)3)8-17-11-5-4-9(14)6-10(11)13/h4-6H,7-8,15H2,1-3H3. The molecule has 1 aromatic rings. The fourth-order valence-electron chi connectivity index (χ4n) is 1.20. The van der Waals surface area contributed by atoms with Crippen molar-refractivity contribution in [3.8, 4) is 5.75 Å². The zero-order valence-corrected chi connectivity index (χ0v) is 11.1. The van der Waals surface area contributed by atoms with E-state index in [0.29, 0.717) is 18.9 Å². The van der Waals surface area contributed by atoms with Gasteiger partial charge in [-0.3, -0.25) is 4.90 Å². The van der Waals surface area contributed by atoms with Gasteiger partial charge in [0.05, 0.1) is 10.6 Å². The average Bonchev–Trinajstić information content (AvgIpc) is 2.27. The van der Waals surface area contributed by atoms with Crippen LogP contribution < -0.4 is 10.5 Å². The second-order valence-corrected chi connectivity index (χ2v) is 4.87. The molecule has 1 aromatic carbocycles. The Morgan fingerprint density at radius 1 is 1.47 bits per heavy atom. The predicted molar refractivity (Wildman–Crippen MR) is 68.1 cm³/mol. The number of rotatable bonds is 5. The van der Waals surface area contributed by atoms with Crippen LogP contribution in [0.1, 0.15) is 6.92 Å². The summed E-state index contributed by atoms with van der Waals surface area (Å²) in [6, 6.07) is 4.06. The molecule has 96 valence electrons. The summed E-state index contributed by atoms with van der Waals surface area (Å²) in [6.45, 7) is 2.84. The first-order chi connectivity index (χ1) is 7.89. The van der Waals surface area contributed by atoms with Gasteiger partial charge in [0, 0.05) is 6.54 Å². The number of benzene rings is 1. The van der Waals surface area contributed by atoms with Gasteiger partial charge in [-0.25, -0.2) is 4.39 Å². The van der Waals surface area contributed by atoms with E-state index < -0.39 is 0 Å². The van der Waals surface area contributed by atoms with Crippen molar-refractivity contribution in [2.45, 2.75) is 12.5 Å². The average molecular weight is 261 g/mol. The van der Waals surface area contributed by atoms with Crippen molar-refractivity contribution in [1.29, 1.82) is 0 Å². The zero-order valence-electron chi connectivity index (χ0n) is 10.3. The number of likely N-dealkylation sites (N-methyl/N-ethyl adjacent to an activating group) is 1. The van der Waals surface area contributed by atoms with E-state index in [-0.39, 0.29) is 16.4 Å². The maximum Gasteiger partial charge on any atom is 0.138 e. The Hall–Kier alpha value is -0.840. The van der Waals surface area contributed by atoms with Crippen molar-refractivity contribution in [2.24, 2.45) is 5.73 Å². The van der Waals surface area contributed by atoms with Crippen molar-refractivity contribution in [3.63, 3.8) is 0 Å². The van der Waals surface area contributed by atoms with Crippen LogP contribution in [-0.2, 0) is 0 Å². The lowest BCUT2D eigenvalue weighted by molar-refractivity contribution is 0.104. The number of hydrogen-bond donors (Lipinski definition) is 1. The fourth-order valence-corrected chi connectivity index (χ4v) is 1.42. The van der Waals surface area contributed by atoms with Crippen LogP contribution in [0.15, 0.2) is 18.2 Å². The Morgan fingerprint density at radius 3 is 2.59 bits per heavy atom. The van der Waals surface area contributed by atoms with Crippen LogP contribution in [0.2, 0.25) is 5.02 Å². The molecule has 0 heterocycles. The fraction of sp³-hybridized carbons (Fsp3) is 0.500. The quantitative estimate of drug-likeness (QED) is 0.882. The Labute approximate surface area is 106 Å². The van der Waals surface area contributed by atoms with Crippen molar-refractivity contribution in [3.05, 3.63) is 29.0 Å². The van der Waals surface area contributed by atoms with Crippen LogP contribution in [-0.4, -0.2) is 37.7 Å². The van der Waals surface area contributed by atoms with E-state index in [9.17, 15) is 4.39 Å². The van der Waals surface area contributed by atoms with Crippen molar-refractivity contribution >= 4 is 11.6 Å². The molecule has 0 aliphatic carbocycles. The molecule has 1 atom stereocenters.